The van der Waals surface area contributed by atoms with Gasteiger partial charge in [-0.05, 0) is 39.7 Å². The van der Waals surface area contributed by atoms with E-state index in [-0.39, 0.29) is 5.75 Å². The lowest BCUT2D eigenvalue weighted by Gasteiger charge is -2.10. The van der Waals surface area contributed by atoms with Crippen LogP contribution in [-0.4, -0.2) is 17.7 Å². The van der Waals surface area contributed by atoms with Crippen LogP contribution in [0.2, 0.25) is 0 Å². The first-order valence-corrected chi connectivity index (χ1v) is 5.84. The largest absolute Gasteiger partial charge is 0.508 e. The van der Waals surface area contributed by atoms with Crippen LogP contribution in [0.15, 0.2) is 42.5 Å². The van der Waals surface area contributed by atoms with Crippen molar-refractivity contribution in [2.75, 3.05) is 0 Å². The summed E-state index contributed by atoms with van der Waals surface area (Å²) in [5.41, 5.74) is 1.03. The van der Waals surface area contributed by atoms with Crippen molar-refractivity contribution >= 4 is 34.1 Å². The molecule has 3 aromatic rings. The summed E-state index contributed by atoms with van der Waals surface area (Å²) in [7, 11) is 0. The van der Waals surface area contributed by atoms with Gasteiger partial charge < -0.3 is 5.11 Å². The van der Waals surface area contributed by atoms with Crippen molar-refractivity contribution in [1.29, 1.82) is 0 Å². The van der Waals surface area contributed by atoms with Gasteiger partial charge in [0.15, 0.2) is 12.6 Å². The van der Waals surface area contributed by atoms with Crippen LogP contribution in [0.4, 0.5) is 0 Å². The van der Waals surface area contributed by atoms with Gasteiger partial charge in [-0.25, -0.2) is 0 Å². The van der Waals surface area contributed by atoms with E-state index in [0.717, 1.165) is 23.3 Å². The molecule has 0 heterocycles. The lowest BCUT2D eigenvalue weighted by Crippen LogP contribution is -1.93. The van der Waals surface area contributed by atoms with Crippen molar-refractivity contribution in [2.45, 2.75) is 0 Å². The summed E-state index contributed by atoms with van der Waals surface area (Å²) in [5, 5.41) is 12.3. The molecule has 3 nitrogen and oxygen atoms in total. The van der Waals surface area contributed by atoms with Crippen LogP contribution in [-0.2, 0) is 0 Å². The standard InChI is InChI=1S/C16H10O3/c17-8-15-11-3-1-2-4-12(11)16(9-18)14-7-10(19)5-6-13(14)15/h1-9,19H. The number of aromatic hydroxyl groups is 1. The molecule has 3 rings (SSSR count). The monoisotopic (exact) mass is 250 g/mol. The second kappa shape index (κ2) is 4.21. The Morgan fingerprint density at radius 3 is 1.84 bits per heavy atom. The highest BCUT2D eigenvalue weighted by atomic mass is 16.3. The van der Waals surface area contributed by atoms with E-state index in [1.54, 1.807) is 12.1 Å². The molecule has 92 valence electrons. The minimum atomic E-state index is 0.0720. The average molecular weight is 250 g/mol. The summed E-state index contributed by atoms with van der Waals surface area (Å²) in [4.78, 5) is 22.7. The fourth-order valence-electron chi connectivity index (χ4n) is 2.49. The smallest absolute Gasteiger partial charge is 0.151 e. The summed E-state index contributed by atoms with van der Waals surface area (Å²) in [6.07, 6.45) is 1.55. The molecule has 3 heteroatoms. The second-order valence-electron chi connectivity index (χ2n) is 4.34. The maximum absolute atomic E-state index is 11.4. The minimum Gasteiger partial charge on any atom is -0.508 e. The highest BCUT2D eigenvalue weighted by molar-refractivity contribution is 6.20. The van der Waals surface area contributed by atoms with Gasteiger partial charge in [0.05, 0.1) is 0 Å². The summed E-state index contributed by atoms with van der Waals surface area (Å²) in [6, 6.07) is 12.0. The maximum Gasteiger partial charge on any atom is 0.151 e. The molecule has 0 aromatic heterocycles. The molecule has 1 N–H and O–H groups in total. The molecule has 0 aliphatic carbocycles. The summed E-state index contributed by atoms with van der Waals surface area (Å²) in [5.74, 6) is 0.0720. The zero-order valence-corrected chi connectivity index (χ0v) is 9.96. The number of phenols is 1. The van der Waals surface area contributed by atoms with E-state index in [0.29, 0.717) is 21.9 Å². The molecular weight excluding hydrogens is 240 g/mol. The van der Waals surface area contributed by atoms with Crippen molar-refractivity contribution in [3.05, 3.63) is 53.6 Å². The molecule has 0 bridgehead atoms. The number of carbonyl (C=O) groups excluding carboxylic acids is 2. The molecule has 3 aromatic carbocycles. The SMILES string of the molecule is O=Cc1c2ccccc2c(C=O)c2cc(O)ccc12. The first kappa shape index (κ1) is 11.4. The summed E-state index contributed by atoms with van der Waals surface area (Å²) < 4.78 is 0. The topological polar surface area (TPSA) is 54.4 Å². The molecule has 0 atom stereocenters. The van der Waals surface area contributed by atoms with Crippen molar-refractivity contribution in [2.24, 2.45) is 0 Å². The summed E-state index contributed by atoms with van der Waals surface area (Å²) >= 11 is 0. The Kier molecular flexibility index (Phi) is 2.53. The molecule has 0 amide bonds. The van der Waals surface area contributed by atoms with Gasteiger partial charge in [-0.3, -0.25) is 9.59 Å². The van der Waals surface area contributed by atoms with Crippen LogP contribution in [0.1, 0.15) is 20.7 Å². The Labute approximate surface area is 109 Å². The van der Waals surface area contributed by atoms with Gasteiger partial charge in [0.25, 0.3) is 0 Å². The van der Waals surface area contributed by atoms with Crippen molar-refractivity contribution in [3.8, 4) is 5.75 Å². The third-order valence-corrected chi connectivity index (χ3v) is 3.33. The van der Waals surface area contributed by atoms with Gasteiger partial charge in [-0.15, -0.1) is 0 Å². The van der Waals surface area contributed by atoms with Gasteiger partial charge >= 0.3 is 0 Å². The predicted molar refractivity (Wildman–Crippen MR) is 73.9 cm³/mol. The Bertz CT molecular complexity index is 819. The first-order valence-electron chi connectivity index (χ1n) is 5.84. The van der Waals surface area contributed by atoms with Crippen LogP contribution in [0.25, 0.3) is 21.5 Å². The lowest BCUT2D eigenvalue weighted by molar-refractivity contribution is 0.111. The number of fused-ring (bicyclic) bond motifs is 2. The van der Waals surface area contributed by atoms with E-state index in [2.05, 4.69) is 0 Å². The van der Waals surface area contributed by atoms with E-state index in [9.17, 15) is 14.7 Å². The van der Waals surface area contributed by atoms with Crippen LogP contribution < -0.4 is 0 Å². The first-order chi connectivity index (χ1) is 9.26. The van der Waals surface area contributed by atoms with Gasteiger partial charge in [-0.1, -0.05) is 24.3 Å². The average Bonchev–Trinajstić information content (AvgIpc) is 2.44. The Balaban J connectivity index is 2.68. The third-order valence-electron chi connectivity index (χ3n) is 3.33. The zero-order chi connectivity index (χ0) is 13.4. The predicted octanol–water partition coefficient (Wildman–Crippen LogP) is 3.32. The zero-order valence-electron chi connectivity index (χ0n) is 9.96. The van der Waals surface area contributed by atoms with Crippen LogP contribution in [0.5, 0.6) is 5.75 Å². The molecule has 0 spiro atoms. The highest BCUT2D eigenvalue weighted by Gasteiger charge is 2.13. The molecule has 0 radical (unpaired) electrons. The van der Waals surface area contributed by atoms with E-state index < -0.39 is 0 Å². The van der Waals surface area contributed by atoms with Gasteiger partial charge in [0, 0.05) is 11.1 Å². The normalized spacial score (nSPS) is 10.7. The van der Waals surface area contributed by atoms with E-state index in [1.807, 2.05) is 18.2 Å². The number of carbonyl (C=O) groups is 2. The van der Waals surface area contributed by atoms with E-state index in [4.69, 9.17) is 0 Å². The highest BCUT2D eigenvalue weighted by Crippen LogP contribution is 2.32. The van der Waals surface area contributed by atoms with Crippen LogP contribution in [0.3, 0.4) is 0 Å². The number of hydrogen-bond acceptors (Lipinski definition) is 3. The number of benzene rings is 3. The number of phenolic OH excluding ortho intramolecular Hbond substituents is 1. The fourth-order valence-corrected chi connectivity index (χ4v) is 2.49. The third kappa shape index (κ3) is 1.59. The van der Waals surface area contributed by atoms with E-state index in [1.165, 1.54) is 12.1 Å². The molecule has 0 saturated heterocycles. The van der Waals surface area contributed by atoms with Gasteiger partial charge in [0.1, 0.15) is 5.75 Å². The fraction of sp³-hybridized carbons (Fsp3) is 0. The molecule has 0 saturated carbocycles. The Morgan fingerprint density at radius 2 is 1.26 bits per heavy atom. The van der Waals surface area contributed by atoms with Crippen LogP contribution in [0, 0.1) is 0 Å². The lowest BCUT2D eigenvalue weighted by atomic mass is 9.92. The quantitative estimate of drug-likeness (QED) is 0.560. The molecule has 0 unspecified atom stereocenters. The molecule has 0 aliphatic heterocycles. The van der Waals surface area contributed by atoms with Gasteiger partial charge in [0.2, 0.25) is 0 Å². The Hall–Kier alpha value is -2.68. The van der Waals surface area contributed by atoms with Crippen molar-refractivity contribution in [3.63, 3.8) is 0 Å². The Morgan fingerprint density at radius 1 is 0.737 bits per heavy atom. The number of rotatable bonds is 2. The van der Waals surface area contributed by atoms with Crippen molar-refractivity contribution in [1.82, 2.24) is 0 Å². The molecular formula is C16H10O3. The second-order valence-corrected chi connectivity index (χ2v) is 4.34. The number of aldehydes is 2. The molecule has 0 fully saturated rings. The molecule has 0 aliphatic rings. The van der Waals surface area contributed by atoms with Crippen molar-refractivity contribution < 1.29 is 14.7 Å². The maximum atomic E-state index is 11.4. The summed E-state index contributed by atoms with van der Waals surface area (Å²) in [6.45, 7) is 0. The minimum absolute atomic E-state index is 0.0720. The molecule has 19 heavy (non-hydrogen) atoms. The van der Waals surface area contributed by atoms with E-state index >= 15 is 0 Å². The number of hydrogen-bond donors (Lipinski definition) is 1. The van der Waals surface area contributed by atoms with Gasteiger partial charge in [-0.2, -0.15) is 0 Å². The van der Waals surface area contributed by atoms with Crippen LogP contribution >= 0.6 is 0 Å².